The van der Waals surface area contributed by atoms with Crippen LogP contribution in [0.15, 0.2) is 142 Å². The van der Waals surface area contributed by atoms with Crippen LogP contribution >= 0.6 is 0 Å². The maximum Gasteiger partial charge on any atom is 0.145 e. The first kappa shape index (κ1) is 32.9. The molecule has 56 heavy (non-hydrogen) atoms. The molecule has 0 aliphatic rings. The van der Waals surface area contributed by atoms with E-state index in [1.54, 1.807) is 0 Å². The van der Waals surface area contributed by atoms with E-state index in [9.17, 15) is 0 Å². The minimum Gasteiger partial charge on any atom is -0.455 e. The van der Waals surface area contributed by atoms with Crippen molar-refractivity contribution < 1.29 is 8.83 Å². The molecule has 12 rings (SSSR count). The molecule has 0 N–H and O–H groups in total. The van der Waals surface area contributed by atoms with Gasteiger partial charge in [0, 0.05) is 72.4 Å². The van der Waals surface area contributed by atoms with Crippen LogP contribution in [0.5, 0.6) is 0 Å². The molecule has 5 heterocycles. The lowest BCUT2D eigenvalue weighted by atomic mass is 10.1. The predicted molar refractivity (Wildman–Crippen MR) is 238 cm³/mol. The lowest BCUT2D eigenvalue weighted by molar-refractivity contribution is 0.641. The second kappa shape index (κ2) is 12.0. The summed E-state index contributed by atoms with van der Waals surface area (Å²) in [6.45, 7) is 13.5. The number of rotatable bonds is 3. The third-order valence-electron chi connectivity index (χ3n) is 11.9. The molecule has 0 bridgehead atoms. The Morgan fingerprint density at radius 3 is 1.02 bits per heavy atom. The summed E-state index contributed by atoms with van der Waals surface area (Å²) in [5, 5.41) is 12.2. The number of fused-ring (bicyclic) bond motifs is 18. The van der Waals surface area contributed by atoms with Crippen LogP contribution in [-0.4, -0.2) is 13.7 Å². The lowest BCUT2D eigenvalue weighted by Gasteiger charge is -2.11. The number of hydrogen-bond donors (Lipinski definition) is 0. The van der Waals surface area contributed by atoms with Gasteiger partial charge in [-0.1, -0.05) is 72.8 Å². The maximum absolute atomic E-state index is 6.85. The van der Waals surface area contributed by atoms with Crippen LogP contribution in [-0.2, 0) is 0 Å². The van der Waals surface area contributed by atoms with Crippen LogP contribution in [0, 0.1) is 0 Å². The van der Waals surface area contributed by atoms with Crippen molar-refractivity contribution in [1.29, 1.82) is 0 Å². The average Bonchev–Trinajstić information content (AvgIpc) is 4.00. The molecule has 5 nitrogen and oxygen atoms in total. The Labute approximate surface area is 323 Å². The molecular formula is C51H43N3O2. The fraction of sp³-hybridized carbons (Fsp3) is 0.176. The zero-order valence-corrected chi connectivity index (χ0v) is 32.6. The fourth-order valence-electron chi connectivity index (χ4n) is 9.79. The molecule has 0 unspecified atom stereocenters. The van der Waals surface area contributed by atoms with E-state index in [2.05, 4.69) is 177 Å². The Hall–Kier alpha value is -6.46. The van der Waals surface area contributed by atoms with Crippen molar-refractivity contribution in [2.24, 2.45) is 0 Å². The van der Waals surface area contributed by atoms with Crippen molar-refractivity contribution >= 4 is 109 Å². The van der Waals surface area contributed by atoms with Gasteiger partial charge < -0.3 is 22.5 Å². The van der Waals surface area contributed by atoms with E-state index in [1.807, 2.05) is 12.1 Å². The Kier molecular flexibility index (Phi) is 7.07. The summed E-state index contributed by atoms with van der Waals surface area (Å²) in [5.41, 5.74) is 11.4. The first-order valence-electron chi connectivity index (χ1n) is 19.9. The van der Waals surface area contributed by atoms with E-state index in [0.29, 0.717) is 18.1 Å². The second-order valence-electron chi connectivity index (χ2n) is 16.2. The molecular weight excluding hydrogens is 687 g/mol. The van der Waals surface area contributed by atoms with Gasteiger partial charge in [-0.2, -0.15) is 0 Å². The van der Waals surface area contributed by atoms with Crippen LogP contribution in [0.3, 0.4) is 0 Å². The Morgan fingerprint density at radius 1 is 0.304 bits per heavy atom. The van der Waals surface area contributed by atoms with Gasteiger partial charge in [-0.3, -0.25) is 0 Å². The largest absolute Gasteiger partial charge is 0.455 e. The summed E-state index contributed by atoms with van der Waals surface area (Å²) < 4.78 is 20.4. The number of nitrogens with zero attached hydrogens (tertiary/aromatic N) is 3. The van der Waals surface area contributed by atoms with Crippen molar-refractivity contribution in [3.63, 3.8) is 0 Å². The Balaban J connectivity index is 0.000000138. The Bertz CT molecular complexity index is 3390. The summed E-state index contributed by atoms with van der Waals surface area (Å²) in [4.78, 5) is 0. The van der Waals surface area contributed by atoms with Crippen LogP contribution in [0.25, 0.3) is 109 Å². The number of benzene rings is 7. The monoisotopic (exact) mass is 729 g/mol. The number of furan rings is 2. The highest BCUT2D eigenvalue weighted by Gasteiger charge is 2.23. The third kappa shape index (κ3) is 4.43. The summed E-state index contributed by atoms with van der Waals surface area (Å²) in [5.74, 6) is 0. The Morgan fingerprint density at radius 2 is 0.625 bits per heavy atom. The van der Waals surface area contributed by atoms with E-state index < -0.39 is 0 Å². The van der Waals surface area contributed by atoms with E-state index in [-0.39, 0.29) is 0 Å². The van der Waals surface area contributed by atoms with Crippen LogP contribution in [0.1, 0.15) is 59.7 Å². The molecule has 0 fully saturated rings. The minimum atomic E-state index is 0.366. The SMILES string of the molecule is CC(C)n1c2ccccc2c2c3oc4c(ccc5c4c4ccccc4n5C(C)C)c3ccc21.CC(C)n1c2ccccc2c2c3oc4ccccc4c3ccc21. The van der Waals surface area contributed by atoms with Crippen molar-refractivity contribution in [1.82, 2.24) is 13.7 Å². The standard InChI is InChI=1S/C30H26N2O.C21H17NO/c1-17(2)31-23-11-7-5-9-21(23)27-25(31)15-13-19-20-14-16-26-28(30(20)33-29(19)27)22-10-6-8-12-24(22)32(26)18(3)4;1-13(2)22-17-9-5-3-8-16(17)20-18(22)12-11-15-14-7-4-6-10-19(14)23-21(15)20/h5-18H,1-4H3;3-13H,1-2H3. The van der Waals surface area contributed by atoms with Crippen molar-refractivity contribution in [2.45, 2.75) is 59.7 Å². The fourth-order valence-corrected chi connectivity index (χ4v) is 9.79. The molecule has 5 aromatic heterocycles. The van der Waals surface area contributed by atoms with Gasteiger partial charge in [0.2, 0.25) is 0 Å². The van der Waals surface area contributed by atoms with Crippen molar-refractivity contribution in [3.05, 3.63) is 133 Å². The van der Waals surface area contributed by atoms with E-state index in [4.69, 9.17) is 8.83 Å². The molecule has 0 atom stereocenters. The van der Waals surface area contributed by atoms with Gasteiger partial charge in [0.1, 0.15) is 22.3 Å². The van der Waals surface area contributed by atoms with Gasteiger partial charge in [0.15, 0.2) is 0 Å². The van der Waals surface area contributed by atoms with Gasteiger partial charge in [-0.25, -0.2) is 0 Å². The van der Waals surface area contributed by atoms with Gasteiger partial charge in [-0.15, -0.1) is 0 Å². The molecule has 7 aromatic carbocycles. The number of aromatic nitrogens is 3. The summed E-state index contributed by atoms with van der Waals surface area (Å²) in [7, 11) is 0. The zero-order chi connectivity index (χ0) is 38.0. The van der Waals surface area contributed by atoms with Crippen LogP contribution < -0.4 is 0 Å². The van der Waals surface area contributed by atoms with Crippen molar-refractivity contribution in [2.75, 3.05) is 0 Å². The molecule has 12 aromatic rings. The van der Waals surface area contributed by atoms with Gasteiger partial charge >= 0.3 is 0 Å². The van der Waals surface area contributed by atoms with Gasteiger partial charge in [0.25, 0.3) is 0 Å². The molecule has 5 heteroatoms. The van der Waals surface area contributed by atoms with Gasteiger partial charge in [-0.05, 0) is 102 Å². The lowest BCUT2D eigenvalue weighted by Crippen LogP contribution is -1.99. The second-order valence-corrected chi connectivity index (χ2v) is 16.2. The molecule has 274 valence electrons. The first-order chi connectivity index (χ1) is 27.3. The minimum absolute atomic E-state index is 0.366. The molecule has 0 spiro atoms. The molecule has 0 saturated heterocycles. The normalized spacial score (nSPS) is 12.6. The zero-order valence-electron chi connectivity index (χ0n) is 32.6. The number of hydrogen-bond acceptors (Lipinski definition) is 2. The summed E-state index contributed by atoms with van der Waals surface area (Å²) in [6.07, 6.45) is 0. The quantitative estimate of drug-likeness (QED) is 0.182. The third-order valence-corrected chi connectivity index (χ3v) is 11.9. The van der Waals surface area contributed by atoms with Crippen molar-refractivity contribution in [3.8, 4) is 0 Å². The number of para-hydroxylation sites is 4. The van der Waals surface area contributed by atoms with E-state index in [0.717, 1.165) is 22.3 Å². The van der Waals surface area contributed by atoms with Crippen LogP contribution in [0.4, 0.5) is 0 Å². The summed E-state index contributed by atoms with van der Waals surface area (Å²) >= 11 is 0. The molecule has 0 amide bonds. The predicted octanol–water partition coefficient (Wildman–Crippen LogP) is 15.2. The van der Waals surface area contributed by atoms with E-state index in [1.165, 1.54) is 87.0 Å². The maximum atomic E-state index is 6.85. The molecule has 0 radical (unpaired) electrons. The average molecular weight is 730 g/mol. The highest BCUT2D eigenvalue weighted by Crippen LogP contribution is 2.45. The highest BCUT2D eigenvalue weighted by molar-refractivity contribution is 6.28. The topological polar surface area (TPSA) is 41.1 Å². The van der Waals surface area contributed by atoms with Crippen LogP contribution in [0.2, 0.25) is 0 Å². The first-order valence-corrected chi connectivity index (χ1v) is 19.9. The molecule has 0 aliphatic carbocycles. The molecule has 0 aliphatic heterocycles. The van der Waals surface area contributed by atoms with E-state index >= 15 is 0 Å². The summed E-state index contributed by atoms with van der Waals surface area (Å²) in [6, 6.07) is 48.9. The highest BCUT2D eigenvalue weighted by atomic mass is 16.3. The van der Waals surface area contributed by atoms with Gasteiger partial charge in [0.05, 0.1) is 32.7 Å². The smallest absolute Gasteiger partial charge is 0.145 e. The molecule has 0 saturated carbocycles.